The van der Waals surface area contributed by atoms with Gasteiger partial charge in [0.15, 0.2) is 0 Å². The van der Waals surface area contributed by atoms with E-state index in [1.165, 1.54) is 10.5 Å². The third-order valence-corrected chi connectivity index (χ3v) is 3.50. The zero-order valence-electron chi connectivity index (χ0n) is 9.99. The molecule has 0 bridgehead atoms. The molecule has 0 saturated heterocycles. The molecule has 0 fully saturated rings. The highest BCUT2D eigenvalue weighted by Gasteiger charge is 2.02. The molecule has 1 unspecified atom stereocenters. The van der Waals surface area contributed by atoms with Gasteiger partial charge in [-0.15, -0.1) is 23.6 Å². The number of aryl methyl sites for hydroxylation is 1. The maximum Gasteiger partial charge on any atom is 0.0143 e. The van der Waals surface area contributed by atoms with Gasteiger partial charge < -0.3 is 5.73 Å². The van der Waals surface area contributed by atoms with Crippen molar-refractivity contribution in [2.45, 2.75) is 37.6 Å². The first-order valence-corrected chi connectivity index (χ1v) is 6.55. The zero-order valence-corrected chi connectivity index (χ0v) is 10.8. The SMILES string of the molecule is CC#CCCC(N)CSc1ccc(C)cc1. The van der Waals surface area contributed by atoms with Crippen LogP contribution >= 0.6 is 11.8 Å². The van der Waals surface area contributed by atoms with Gasteiger partial charge in [0, 0.05) is 23.1 Å². The molecule has 0 aliphatic heterocycles. The second kappa shape index (κ2) is 7.38. The molecule has 0 saturated carbocycles. The summed E-state index contributed by atoms with van der Waals surface area (Å²) in [7, 11) is 0. The first kappa shape index (κ1) is 13.2. The van der Waals surface area contributed by atoms with Crippen LogP contribution in [-0.4, -0.2) is 11.8 Å². The number of hydrogen-bond acceptors (Lipinski definition) is 2. The Labute approximate surface area is 103 Å². The lowest BCUT2D eigenvalue weighted by Crippen LogP contribution is -2.22. The smallest absolute Gasteiger partial charge is 0.0143 e. The molecule has 1 nitrogen and oxygen atoms in total. The molecular weight excluding hydrogens is 214 g/mol. The quantitative estimate of drug-likeness (QED) is 0.624. The minimum Gasteiger partial charge on any atom is -0.327 e. The molecule has 2 heteroatoms. The van der Waals surface area contributed by atoms with Crippen molar-refractivity contribution in [3.05, 3.63) is 29.8 Å². The summed E-state index contributed by atoms with van der Waals surface area (Å²) >= 11 is 1.82. The number of benzene rings is 1. The van der Waals surface area contributed by atoms with Crippen molar-refractivity contribution >= 4 is 11.8 Å². The van der Waals surface area contributed by atoms with Crippen LogP contribution in [0.5, 0.6) is 0 Å². The van der Waals surface area contributed by atoms with Crippen molar-refractivity contribution in [1.82, 2.24) is 0 Å². The summed E-state index contributed by atoms with van der Waals surface area (Å²) in [5.41, 5.74) is 7.30. The standard InChI is InChI=1S/C14H19NS/c1-3-4-5-6-13(15)11-16-14-9-7-12(2)8-10-14/h7-10,13H,5-6,11,15H2,1-2H3. The maximum atomic E-state index is 6.00. The molecule has 2 N–H and O–H groups in total. The monoisotopic (exact) mass is 233 g/mol. The molecule has 0 amide bonds. The largest absolute Gasteiger partial charge is 0.327 e. The second-order valence-electron chi connectivity index (χ2n) is 3.85. The molecule has 1 atom stereocenters. The lowest BCUT2D eigenvalue weighted by molar-refractivity contribution is 0.692. The van der Waals surface area contributed by atoms with Gasteiger partial charge in [0.25, 0.3) is 0 Å². The van der Waals surface area contributed by atoms with Crippen molar-refractivity contribution < 1.29 is 0 Å². The van der Waals surface area contributed by atoms with Crippen LogP contribution in [0.15, 0.2) is 29.2 Å². The fourth-order valence-corrected chi connectivity index (χ4v) is 2.21. The first-order chi connectivity index (χ1) is 7.72. The van der Waals surface area contributed by atoms with Crippen LogP contribution in [-0.2, 0) is 0 Å². The Hall–Kier alpha value is -0.910. The highest BCUT2D eigenvalue weighted by molar-refractivity contribution is 7.99. The topological polar surface area (TPSA) is 26.0 Å². The highest BCUT2D eigenvalue weighted by atomic mass is 32.2. The lowest BCUT2D eigenvalue weighted by atomic mass is 10.2. The molecule has 1 aromatic carbocycles. The van der Waals surface area contributed by atoms with E-state index in [1.54, 1.807) is 0 Å². The third kappa shape index (κ3) is 5.25. The summed E-state index contributed by atoms with van der Waals surface area (Å²) in [5, 5.41) is 0. The number of nitrogens with two attached hydrogens (primary N) is 1. The summed E-state index contributed by atoms with van der Waals surface area (Å²) < 4.78 is 0. The van der Waals surface area contributed by atoms with Crippen LogP contribution in [0.1, 0.15) is 25.3 Å². The van der Waals surface area contributed by atoms with E-state index >= 15 is 0 Å². The van der Waals surface area contributed by atoms with Gasteiger partial charge in [-0.2, -0.15) is 0 Å². The van der Waals surface area contributed by atoms with E-state index in [2.05, 4.69) is 43.0 Å². The van der Waals surface area contributed by atoms with Crippen molar-refractivity contribution in [3.63, 3.8) is 0 Å². The minimum absolute atomic E-state index is 0.243. The van der Waals surface area contributed by atoms with Crippen molar-refractivity contribution in [3.8, 4) is 11.8 Å². The van der Waals surface area contributed by atoms with Gasteiger partial charge in [0.1, 0.15) is 0 Å². The second-order valence-corrected chi connectivity index (χ2v) is 4.94. The van der Waals surface area contributed by atoms with E-state index < -0.39 is 0 Å². The van der Waals surface area contributed by atoms with Crippen molar-refractivity contribution in [2.75, 3.05) is 5.75 Å². The van der Waals surface area contributed by atoms with Crippen LogP contribution in [0.25, 0.3) is 0 Å². The summed E-state index contributed by atoms with van der Waals surface area (Å²) in [6, 6.07) is 8.82. The number of rotatable bonds is 5. The van der Waals surface area contributed by atoms with E-state index in [0.29, 0.717) is 0 Å². The fourth-order valence-electron chi connectivity index (χ4n) is 1.30. The third-order valence-electron chi connectivity index (χ3n) is 2.30. The number of thioether (sulfide) groups is 1. The number of hydrogen-bond donors (Lipinski definition) is 1. The Morgan fingerprint density at radius 3 is 2.62 bits per heavy atom. The molecule has 0 aliphatic rings. The minimum atomic E-state index is 0.243. The van der Waals surface area contributed by atoms with Gasteiger partial charge in [0.05, 0.1) is 0 Å². The van der Waals surface area contributed by atoms with E-state index in [9.17, 15) is 0 Å². The average molecular weight is 233 g/mol. The molecule has 0 radical (unpaired) electrons. The molecule has 86 valence electrons. The predicted molar refractivity (Wildman–Crippen MR) is 72.6 cm³/mol. The Balaban J connectivity index is 2.27. The van der Waals surface area contributed by atoms with Crippen LogP contribution in [0.2, 0.25) is 0 Å². The van der Waals surface area contributed by atoms with Crippen molar-refractivity contribution in [2.24, 2.45) is 5.73 Å². The zero-order chi connectivity index (χ0) is 11.8. The van der Waals surface area contributed by atoms with Gasteiger partial charge >= 0.3 is 0 Å². The van der Waals surface area contributed by atoms with Crippen LogP contribution in [0.3, 0.4) is 0 Å². The fraction of sp³-hybridized carbons (Fsp3) is 0.429. The van der Waals surface area contributed by atoms with E-state index in [1.807, 2.05) is 18.7 Å². The molecule has 1 rings (SSSR count). The Bertz CT molecular complexity index is 359. The van der Waals surface area contributed by atoms with Gasteiger partial charge in [-0.1, -0.05) is 17.7 Å². The van der Waals surface area contributed by atoms with E-state index in [4.69, 9.17) is 5.73 Å². The molecular formula is C14H19NS. The van der Waals surface area contributed by atoms with E-state index in [0.717, 1.165) is 18.6 Å². The van der Waals surface area contributed by atoms with Crippen LogP contribution in [0, 0.1) is 18.8 Å². The molecule has 0 aromatic heterocycles. The lowest BCUT2D eigenvalue weighted by Gasteiger charge is -2.09. The normalized spacial score (nSPS) is 11.7. The summed E-state index contributed by atoms with van der Waals surface area (Å²) in [5.74, 6) is 6.90. The van der Waals surface area contributed by atoms with Crippen LogP contribution < -0.4 is 5.73 Å². The summed E-state index contributed by atoms with van der Waals surface area (Å²) in [6.45, 7) is 3.97. The molecule has 1 aromatic rings. The molecule has 0 aliphatic carbocycles. The Morgan fingerprint density at radius 2 is 2.00 bits per heavy atom. The van der Waals surface area contributed by atoms with Crippen LogP contribution in [0.4, 0.5) is 0 Å². The molecule has 0 spiro atoms. The Morgan fingerprint density at radius 1 is 1.31 bits per heavy atom. The highest BCUT2D eigenvalue weighted by Crippen LogP contribution is 2.19. The maximum absolute atomic E-state index is 6.00. The predicted octanol–water partition coefficient (Wildman–Crippen LogP) is 3.22. The molecule has 16 heavy (non-hydrogen) atoms. The van der Waals surface area contributed by atoms with E-state index in [-0.39, 0.29) is 6.04 Å². The first-order valence-electron chi connectivity index (χ1n) is 5.57. The van der Waals surface area contributed by atoms with Gasteiger partial charge in [-0.05, 0) is 32.4 Å². The van der Waals surface area contributed by atoms with Crippen molar-refractivity contribution in [1.29, 1.82) is 0 Å². The Kier molecular flexibility index (Phi) is 6.07. The summed E-state index contributed by atoms with van der Waals surface area (Å²) in [4.78, 5) is 1.29. The average Bonchev–Trinajstić information content (AvgIpc) is 2.29. The van der Waals surface area contributed by atoms with Gasteiger partial charge in [-0.3, -0.25) is 0 Å². The molecule has 0 heterocycles. The summed E-state index contributed by atoms with van der Waals surface area (Å²) in [6.07, 6.45) is 1.89. The van der Waals surface area contributed by atoms with Gasteiger partial charge in [0.2, 0.25) is 0 Å². The van der Waals surface area contributed by atoms with Gasteiger partial charge in [-0.25, -0.2) is 0 Å².